The van der Waals surface area contributed by atoms with Crippen LogP contribution in [-0.4, -0.2) is 23.4 Å². The van der Waals surface area contributed by atoms with Crippen LogP contribution in [0.15, 0.2) is 12.1 Å². The lowest BCUT2D eigenvalue weighted by atomic mass is 10.3. The highest BCUT2D eigenvalue weighted by atomic mass is 32.2. The highest BCUT2D eigenvalue weighted by Gasteiger charge is 2.04. The van der Waals surface area contributed by atoms with E-state index in [0.717, 1.165) is 27.4 Å². The molecule has 6 nitrogen and oxygen atoms in total. The van der Waals surface area contributed by atoms with Gasteiger partial charge in [-0.25, -0.2) is 0 Å². The summed E-state index contributed by atoms with van der Waals surface area (Å²) in [5.41, 5.74) is 1.89. The molecule has 0 aliphatic rings. The van der Waals surface area contributed by atoms with E-state index in [2.05, 4.69) is 19.0 Å². The predicted octanol–water partition coefficient (Wildman–Crippen LogP) is 2.45. The SMILES string of the molecule is Cc1cc(CC#N)sn1.Cc1cc(COS(C)(=O)=O)sn1. The zero-order valence-electron chi connectivity index (χ0n) is 11.9. The molecule has 0 radical (unpaired) electrons. The van der Waals surface area contributed by atoms with E-state index < -0.39 is 10.1 Å². The van der Waals surface area contributed by atoms with Crippen molar-refractivity contribution in [1.29, 1.82) is 5.26 Å². The Labute approximate surface area is 132 Å². The molecule has 0 saturated carbocycles. The van der Waals surface area contributed by atoms with Crippen LogP contribution in [0.4, 0.5) is 0 Å². The maximum atomic E-state index is 10.6. The quantitative estimate of drug-likeness (QED) is 0.790. The smallest absolute Gasteiger partial charge is 0.264 e. The summed E-state index contributed by atoms with van der Waals surface area (Å²) in [5.74, 6) is 0. The third kappa shape index (κ3) is 7.87. The zero-order valence-corrected chi connectivity index (χ0v) is 14.3. The van der Waals surface area contributed by atoms with Crippen molar-refractivity contribution in [2.24, 2.45) is 0 Å². The first-order valence-corrected chi connectivity index (χ1v) is 9.22. The zero-order chi connectivity index (χ0) is 15.9. The number of aromatic nitrogens is 2. The minimum Gasteiger partial charge on any atom is -0.265 e. The molecule has 0 aliphatic heterocycles. The number of hydrogen-bond acceptors (Lipinski definition) is 8. The fourth-order valence-electron chi connectivity index (χ4n) is 1.23. The van der Waals surface area contributed by atoms with E-state index in [1.807, 2.05) is 19.9 Å². The molecule has 0 aliphatic carbocycles. The lowest BCUT2D eigenvalue weighted by molar-refractivity contribution is 0.315. The van der Waals surface area contributed by atoms with Crippen molar-refractivity contribution in [2.45, 2.75) is 26.9 Å². The van der Waals surface area contributed by atoms with Gasteiger partial charge in [-0.3, -0.25) is 4.18 Å². The molecular weight excluding hydrogens is 330 g/mol. The van der Waals surface area contributed by atoms with Gasteiger partial charge in [0, 0.05) is 4.88 Å². The van der Waals surface area contributed by atoms with Crippen molar-refractivity contribution in [2.75, 3.05) is 6.26 Å². The number of nitriles is 1. The van der Waals surface area contributed by atoms with Gasteiger partial charge < -0.3 is 0 Å². The molecule has 114 valence electrons. The van der Waals surface area contributed by atoms with Gasteiger partial charge in [-0.1, -0.05) is 0 Å². The van der Waals surface area contributed by atoms with Crippen LogP contribution in [0.1, 0.15) is 21.1 Å². The molecule has 2 aromatic heterocycles. The average Bonchev–Trinajstić information content (AvgIpc) is 2.96. The van der Waals surface area contributed by atoms with Crippen LogP contribution < -0.4 is 0 Å². The molecule has 0 amide bonds. The highest BCUT2D eigenvalue weighted by molar-refractivity contribution is 7.85. The van der Waals surface area contributed by atoms with E-state index in [9.17, 15) is 8.42 Å². The molecule has 0 fully saturated rings. The van der Waals surface area contributed by atoms with E-state index >= 15 is 0 Å². The number of hydrogen-bond donors (Lipinski definition) is 0. The second kappa shape index (κ2) is 8.19. The predicted molar refractivity (Wildman–Crippen MR) is 82.7 cm³/mol. The molecule has 0 spiro atoms. The molecule has 2 aromatic rings. The fourth-order valence-corrected chi connectivity index (χ4v) is 2.96. The Kier molecular flexibility index (Phi) is 6.91. The summed E-state index contributed by atoms with van der Waals surface area (Å²) >= 11 is 2.65. The maximum Gasteiger partial charge on any atom is 0.264 e. The summed E-state index contributed by atoms with van der Waals surface area (Å²) in [7, 11) is -3.33. The monoisotopic (exact) mass is 345 g/mol. The first kappa shape index (κ1) is 17.7. The van der Waals surface area contributed by atoms with Crippen LogP contribution in [-0.2, 0) is 27.3 Å². The van der Waals surface area contributed by atoms with Crippen molar-refractivity contribution in [3.8, 4) is 6.07 Å². The van der Waals surface area contributed by atoms with Gasteiger partial charge >= 0.3 is 0 Å². The Hall–Kier alpha value is -1.34. The minimum atomic E-state index is -3.33. The van der Waals surface area contributed by atoms with Crippen LogP contribution in [0, 0.1) is 25.2 Å². The third-order valence-electron chi connectivity index (χ3n) is 2.02. The van der Waals surface area contributed by atoms with Crippen LogP contribution in [0.5, 0.6) is 0 Å². The molecule has 0 saturated heterocycles. The van der Waals surface area contributed by atoms with E-state index in [4.69, 9.17) is 5.26 Å². The lowest BCUT2D eigenvalue weighted by Crippen LogP contribution is -2.01. The van der Waals surface area contributed by atoms with E-state index in [1.165, 1.54) is 23.1 Å². The highest BCUT2D eigenvalue weighted by Crippen LogP contribution is 2.11. The Bertz CT molecular complexity index is 713. The van der Waals surface area contributed by atoms with Gasteiger partial charge in [0.15, 0.2) is 0 Å². The van der Waals surface area contributed by atoms with Crippen molar-refractivity contribution >= 4 is 33.2 Å². The molecule has 9 heteroatoms. The van der Waals surface area contributed by atoms with E-state index in [1.54, 1.807) is 6.07 Å². The second-order valence-corrected chi connectivity index (χ2v) is 7.59. The Balaban J connectivity index is 0.000000219. The summed E-state index contributed by atoms with van der Waals surface area (Å²) in [6.45, 7) is 3.86. The van der Waals surface area contributed by atoms with Crippen molar-refractivity contribution < 1.29 is 12.6 Å². The van der Waals surface area contributed by atoms with Gasteiger partial charge in [0.25, 0.3) is 10.1 Å². The number of aryl methyl sites for hydroxylation is 2. The molecule has 0 atom stereocenters. The van der Waals surface area contributed by atoms with Gasteiger partial charge in [0.2, 0.25) is 0 Å². The second-order valence-electron chi connectivity index (χ2n) is 4.17. The van der Waals surface area contributed by atoms with Crippen LogP contribution in [0.25, 0.3) is 0 Å². The molecule has 2 rings (SSSR count). The Morgan fingerprint density at radius 1 is 1.19 bits per heavy atom. The minimum absolute atomic E-state index is 0.0876. The number of nitrogens with zero attached hydrogens (tertiary/aromatic N) is 3. The summed E-state index contributed by atoms with van der Waals surface area (Å²) < 4.78 is 33.7. The first-order chi connectivity index (χ1) is 9.80. The van der Waals surface area contributed by atoms with Crippen LogP contribution >= 0.6 is 23.1 Å². The van der Waals surface area contributed by atoms with Gasteiger partial charge in [-0.2, -0.15) is 22.4 Å². The lowest BCUT2D eigenvalue weighted by Gasteiger charge is -1.95. The van der Waals surface area contributed by atoms with Crippen LogP contribution in [0.3, 0.4) is 0 Å². The summed E-state index contributed by atoms with van der Waals surface area (Å²) in [6.07, 6.45) is 1.52. The molecule has 0 unspecified atom stereocenters. The third-order valence-corrected chi connectivity index (χ3v) is 4.29. The molecular formula is C12H15N3O3S3. The molecule has 0 bridgehead atoms. The molecule has 21 heavy (non-hydrogen) atoms. The number of rotatable bonds is 4. The normalized spacial score (nSPS) is 10.6. The van der Waals surface area contributed by atoms with E-state index in [0.29, 0.717) is 6.42 Å². The van der Waals surface area contributed by atoms with Gasteiger partial charge in [-0.05, 0) is 49.0 Å². The summed E-state index contributed by atoms with van der Waals surface area (Å²) in [5, 5.41) is 8.26. The van der Waals surface area contributed by atoms with Gasteiger partial charge in [0.1, 0.15) is 6.61 Å². The Morgan fingerprint density at radius 2 is 1.71 bits per heavy atom. The van der Waals surface area contributed by atoms with Gasteiger partial charge in [0.05, 0.1) is 35.0 Å². The molecule has 0 N–H and O–H groups in total. The van der Waals surface area contributed by atoms with Crippen molar-refractivity contribution in [3.63, 3.8) is 0 Å². The van der Waals surface area contributed by atoms with Crippen LogP contribution in [0.2, 0.25) is 0 Å². The fraction of sp³-hybridized carbons (Fsp3) is 0.417. The largest absolute Gasteiger partial charge is 0.265 e. The first-order valence-electron chi connectivity index (χ1n) is 5.86. The topological polar surface area (TPSA) is 92.9 Å². The summed E-state index contributed by atoms with van der Waals surface area (Å²) in [6, 6.07) is 5.81. The van der Waals surface area contributed by atoms with E-state index in [-0.39, 0.29) is 6.61 Å². The van der Waals surface area contributed by atoms with Crippen molar-refractivity contribution in [1.82, 2.24) is 8.75 Å². The van der Waals surface area contributed by atoms with Gasteiger partial charge in [-0.15, -0.1) is 0 Å². The van der Waals surface area contributed by atoms with Crippen molar-refractivity contribution in [3.05, 3.63) is 33.3 Å². The summed E-state index contributed by atoms with van der Waals surface area (Å²) in [4.78, 5) is 1.87. The standard InChI is InChI=1S/C6H6N2S.C6H9NO3S2/c1-5-4-6(2-3-7)9-8-5;1-5-3-6(11-7-5)4-10-12(2,8)9/h4H,2H2,1H3;3H,4H2,1-2H3. The molecule has 2 heterocycles. The maximum absolute atomic E-state index is 10.6. The average molecular weight is 345 g/mol. The molecule has 0 aromatic carbocycles. The Morgan fingerprint density at radius 3 is 2.10 bits per heavy atom.